The molecular weight excluding hydrogens is 885 g/mol. The van der Waals surface area contributed by atoms with E-state index in [1.807, 2.05) is 51.2 Å². The average molecular weight is 944 g/mol. The maximum Gasteiger partial charge on any atom is 0.303 e. The first-order valence-corrected chi connectivity index (χ1v) is 26.3. The Morgan fingerprint density at radius 2 is 1.32 bits per heavy atom. The van der Waals surface area contributed by atoms with Gasteiger partial charge in [-0.15, -0.1) is 0 Å². The number of anilines is 1. The zero-order chi connectivity index (χ0) is 46.1. The van der Waals surface area contributed by atoms with Gasteiger partial charge in [0.2, 0.25) is 5.69 Å². The van der Waals surface area contributed by atoms with Gasteiger partial charge in [-0.05, 0) is 101 Å². The van der Waals surface area contributed by atoms with Crippen LogP contribution in [0.15, 0.2) is 82.3 Å². The molecule has 2 aliphatic rings. The van der Waals surface area contributed by atoms with Crippen molar-refractivity contribution in [2.45, 2.75) is 106 Å². The van der Waals surface area contributed by atoms with E-state index in [2.05, 4.69) is 17.8 Å². The number of hydrogen-bond donors (Lipinski definition) is 2. The van der Waals surface area contributed by atoms with Gasteiger partial charge in [0, 0.05) is 53.9 Å². The minimum atomic E-state index is -4.57. The van der Waals surface area contributed by atoms with Gasteiger partial charge in [0.05, 0.1) is 48.0 Å². The van der Waals surface area contributed by atoms with Crippen molar-refractivity contribution in [3.8, 4) is 0 Å². The molecule has 0 spiro atoms. The van der Waals surface area contributed by atoms with Gasteiger partial charge < -0.3 is 10.0 Å². The van der Waals surface area contributed by atoms with E-state index in [9.17, 15) is 43.0 Å². The number of aliphatic carboxylic acids is 1. The molecule has 16 nitrogen and oxygen atoms in total. The monoisotopic (exact) mass is 943 g/mol. The van der Waals surface area contributed by atoms with Crippen LogP contribution in [-0.4, -0.2) is 106 Å². The number of carboxylic acid groups (broad SMARTS) is 1. The zero-order valence-electron chi connectivity index (χ0n) is 36.1. The molecule has 0 radical (unpaired) electrons. The molecule has 2 aromatic carbocycles. The first kappa shape index (κ1) is 50.9. The van der Waals surface area contributed by atoms with Crippen LogP contribution in [0.1, 0.15) is 96.1 Å². The standard InChI is InChI=1S/C42H58N2O14S4/c1-7-43-36-24-22-33(62(54,55)58-6)31-35(36)41(2,25-13-16-28-59(47,48)56-4)38(43)18-10-8-11-19-39-42(3,26-14-17-29-60(49,50)57-5)34-30-32(61(51,52)53)21-23-37(34)44(39)27-15-9-12-20-40(45)46/h8,10-11,18-19,21-24,30-31H,7,9,12-17,20,25-29H2,1-6H3,(H-,45,46,51,52,53)/p+1. The predicted octanol–water partition coefficient (Wildman–Crippen LogP) is 6.36. The van der Waals surface area contributed by atoms with Crippen molar-refractivity contribution < 1.29 is 65.2 Å². The van der Waals surface area contributed by atoms with E-state index in [4.69, 9.17) is 9.29 Å². The third-order valence-electron chi connectivity index (χ3n) is 11.7. The highest BCUT2D eigenvalue weighted by atomic mass is 32.2. The van der Waals surface area contributed by atoms with Crippen LogP contribution in [0.25, 0.3) is 0 Å². The Labute approximate surface area is 367 Å². The normalized spacial score (nSPS) is 20.2. The lowest BCUT2D eigenvalue weighted by atomic mass is 9.75. The van der Waals surface area contributed by atoms with Gasteiger partial charge in [-0.2, -0.15) is 38.2 Å². The highest BCUT2D eigenvalue weighted by molar-refractivity contribution is 7.87. The lowest BCUT2D eigenvalue weighted by Gasteiger charge is -2.30. The molecule has 2 heterocycles. The summed E-state index contributed by atoms with van der Waals surface area (Å²) in [4.78, 5) is 13.0. The van der Waals surface area contributed by atoms with E-state index >= 15 is 0 Å². The second kappa shape index (κ2) is 20.8. The van der Waals surface area contributed by atoms with Crippen molar-refractivity contribution >= 4 is 63.5 Å². The topological polar surface area (TPSA) is 228 Å². The van der Waals surface area contributed by atoms with E-state index in [1.165, 1.54) is 18.2 Å². The number of benzene rings is 2. The van der Waals surface area contributed by atoms with E-state index in [1.54, 1.807) is 18.2 Å². The molecule has 0 aliphatic carbocycles. The summed E-state index contributed by atoms with van der Waals surface area (Å²) < 4.78 is 125. The Morgan fingerprint density at radius 1 is 0.726 bits per heavy atom. The van der Waals surface area contributed by atoms with Crippen LogP contribution in [0.5, 0.6) is 0 Å². The molecule has 2 aliphatic heterocycles. The van der Waals surface area contributed by atoms with Gasteiger partial charge in [0.25, 0.3) is 40.5 Å². The van der Waals surface area contributed by atoms with Crippen LogP contribution in [0.3, 0.4) is 0 Å². The largest absolute Gasteiger partial charge is 0.481 e. The smallest absolute Gasteiger partial charge is 0.303 e. The average Bonchev–Trinajstić information content (AvgIpc) is 3.60. The summed E-state index contributed by atoms with van der Waals surface area (Å²) >= 11 is 0. The Balaban J connectivity index is 1.78. The van der Waals surface area contributed by atoms with Gasteiger partial charge in [0.15, 0.2) is 5.71 Å². The first-order chi connectivity index (χ1) is 29.0. The summed E-state index contributed by atoms with van der Waals surface area (Å²) in [6.07, 6.45) is 13.5. The van der Waals surface area contributed by atoms with Crippen molar-refractivity contribution in [2.75, 3.05) is 50.8 Å². The summed E-state index contributed by atoms with van der Waals surface area (Å²) in [7, 11) is -12.7. The number of rotatable bonds is 25. The number of likely N-dealkylation sites (N-methyl/N-ethyl adjacent to an activating group) is 1. The highest BCUT2D eigenvalue weighted by Gasteiger charge is 2.48. The van der Waals surface area contributed by atoms with Gasteiger partial charge >= 0.3 is 5.97 Å². The molecule has 0 fully saturated rings. The number of carboxylic acids is 1. The molecule has 0 saturated carbocycles. The molecule has 0 bridgehead atoms. The number of hydrogen-bond acceptors (Lipinski definition) is 13. The van der Waals surface area contributed by atoms with Crippen LogP contribution in [0.2, 0.25) is 0 Å². The van der Waals surface area contributed by atoms with Crippen LogP contribution >= 0.6 is 0 Å². The summed E-state index contributed by atoms with van der Waals surface area (Å²) in [6.45, 7) is 6.92. The fraction of sp³-hybridized carbons (Fsp3) is 0.524. The SMILES string of the molecule is CCN1C(=CC=CC=CC2=[N+](CCCCCC(=O)O)c3ccc(S(=O)(=O)O)cc3C2(C)CCCCS(=O)(=O)OC)C(C)(CCCCS(=O)(=O)OC)c2cc(S(=O)(=O)OC)ccc21. The molecule has 62 heavy (non-hydrogen) atoms. The minimum Gasteiger partial charge on any atom is -0.481 e. The molecule has 20 heteroatoms. The lowest BCUT2D eigenvalue weighted by molar-refractivity contribution is -0.438. The molecule has 0 amide bonds. The Bertz CT molecular complexity index is 2550. The number of nitrogens with zero attached hydrogens (tertiary/aromatic N) is 2. The Hall–Kier alpha value is -3.76. The maximum atomic E-state index is 12.8. The van der Waals surface area contributed by atoms with Gasteiger partial charge in [-0.3, -0.25) is 21.9 Å². The van der Waals surface area contributed by atoms with Crippen molar-refractivity contribution in [1.29, 1.82) is 0 Å². The molecule has 344 valence electrons. The Morgan fingerprint density at radius 3 is 1.89 bits per heavy atom. The van der Waals surface area contributed by atoms with E-state index in [-0.39, 0.29) is 34.1 Å². The van der Waals surface area contributed by atoms with Crippen LogP contribution in [-0.2, 0) is 68.6 Å². The number of unbranched alkanes of at least 4 members (excludes halogenated alkanes) is 4. The second-order valence-corrected chi connectivity index (χ2v) is 22.5. The summed E-state index contributed by atoms with van der Waals surface area (Å²) in [5.41, 5.74) is 2.95. The summed E-state index contributed by atoms with van der Waals surface area (Å²) in [5, 5.41) is 9.17. The lowest BCUT2D eigenvalue weighted by Crippen LogP contribution is -2.31. The quantitative estimate of drug-likeness (QED) is 0.0363. The summed E-state index contributed by atoms with van der Waals surface area (Å²) in [5.74, 6) is -1.27. The van der Waals surface area contributed by atoms with Crippen molar-refractivity contribution in [3.63, 3.8) is 0 Å². The molecule has 2 atom stereocenters. The first-order valence-electron chi connectivity index (χ1n) is 20.3. The molecule has 4 rings (SSSR count). The predicted molar refractivity (Wildman–Crippen MR) is 236 cm³/mol. The number of allylic oxidation sites excluding steroid dienone is 6. The zero-order valence-corrected chi connectivity index (χ0v) is 39.3. The fourth-order valence-corrected chi connectivity index (χ4v) is 11.0. The van der Waals surface area contributed by atoms with Crippen LogP contribution < -0.4 is 4.90 Å². The van der Waals surface area contributed by atoms with E-state index in [0.717, 1.165) is 44.0 Å². The van der Waals surface area contributed by atoms with Gasteiger partial charge in [-0.1, -0.05) is 31.1 Å². The van der Waals surface area contributed by atoms with E-state index < -0.39 is 57.3 Å². The Kier molecular flexibility index (Phi) is 17.1. The molecule has 2 N–H and O–H groups in total. The second-order valence-electron chi connectivity index (χ2n) is 15.7. The third-order valence-corrected chi connectivity index (χ3v) is 16.4. The van der Waals surface area contributed by atoms with Gasteiger partial charge in [-0.25, -0.2) is 0 Å². The van der Waals surface area contributed by atoms with Crippen LogP contribution in [0.4, 0.5) is 11.4 Å². The van der Waals surface area contributed by atoms with Crippen molar-refractivity contribution in [2.24, 2.45) is 0 Å². The molecule has 0 aromatic heterocycles. The van der Waals surface area contributed by atoms with Crippen molar-refractivity contribution in [3.05, 3.63) is 83.6 Å². The fourth-order valence-electron chi connectivity index (χ4n) is 8.35. The number of carbonyl (C=O) groups is 1. The van der Waals surface area contributed by atoms with Gasteiger partial charge in [0.1, 0.15) is 6.54 Å². The molecule has 2 unspecified atom stereocenters. The maximum absolute atomic E-state index is 12.8. The molecular formula is C42H59N2O14S4+. The third kappa shape index (κ3) is 12.1. The molecule has 0 saturated heterocycles. The highest BCUT2D eigenvalue weighted by Crippen LogP contribution is 2.51. The van der Waals surface area contributed by atoms with Crippen molar-refractivity contribution in [1.82, 2.24) is 0 Å². The van der Waals surface area contributed by atoms with Crippen LogP contribution in [0, 0.1) is 0 Å². The summed E-state index contributed by atoms with van der Waals surface area (Å²) in [6, 6.07) is 9.26. The number of fused-ring (bicyclic) bond motifs is 2. The molecule has 2 aromatic rings. The van der Waals surface area contributed by atoms with E-state index in [0.29, 0.717) is 75.7 Å². The minimum absolute atomic E-state index is 0.00387.